The number of fused-ring (bicyclic) bond motifs is 1. The number of amides is 2. The first-order chi connectivity index (χ1) is 15.9. The minimum Gasteiger partial charge on any atom is -0.311 e. The molecule has 0 bridgehead atoms. The van der Waals surface area contributed by atoms with Crippen molar-refractivity contribution in [3.05, 3.63) is 101 Å². The van der Waals surface area contributed by atoms with E-state index < -0.39 is 0 Å². The Morgan fingerprint density at radius 2 is 1.67 bits per heavy atom. The standard InChI is InChI=1S/C29H28N2O2/c1-29(2)18-24-26(25(32)19-29)27(22-11-4-3-5-12-22)31(28(33)30-24)16-8-9-20-14-15-21-10-6-7-13-23(21)17-20/h3-15,17,27H,16,18-19H2,1-2H3,(H,30,33)/b9-8+. The van der Waals surface area contributed by atoms with Crippen molar-refractivity contribution in [2.24, 2.45) is 5.41 Å². The molecule has 3 aromatic rings. The van der Waals surface area contributed by atoms with Gasteiger partial charge in [0.2, 0.25) is 0 Å². The zero-order valence-electron chi connectivity index (χ0n) is 19.0. The predicted molar refractivity (Wildman–Crippen MR) is 132 cm³/mol. The van der Waals surface area contributed by atoms with E-state index in [9.17, 15) is 9.59 Å². The van der Waals surface area contributed by atoms with Gasteiger partial charge in [0.05, 0.1) is 6.04 Å². The third-order valence-corrected chi connectivity index (χ3v) is 6.52. The van der Waals surface area contributed by atoms with Crippen LogP contribution in [0.4, 0.5) is 4.79 Å². The Balaban J connectivity index is 1.47. The molecule has 1 unspecified atom stereocenters. The average Bonchev–Trinajstić information content (AvgIpc) is 2.79. The van der Waals surface area contributed by atoms with E-state index in [-0.39, 0.29) is 23.3 Å². The van der Waals surface area contributed by atoms with Gasteiger partial charge in [-0.3, -0.25) is 4.79 Å². The third-order valence-electron chi connectivity index (χ3n) is 6.52. The van der Waals surface area contributed by atoms with Gasteiger partial charge in [0.15, 0.2) is 5.78 Å². The van der Waals surface area contributed by atoms with Crippen molar-refractivity contribution in [3.63, 3.8) is 0 Å². The van der Waals surface area contributed by atoms with Gasteiger partial charge in [0.25, 0.3) is 0 Å². The first kappa shape index (κ1) is 21.2. The van der Waals surface area contributed by atoms with E-state index >= 15 is 0 Å². The van der Waals surface area contributed by atoms with E-state index in [0.717, 1.165) is 22.4 Å². The predicted octanol–water partition coefficient (Wildman–Crippen LogP) is 6.26. The summed E-state index contributed by atoms with van der Waals surface area (Å²) in [5.41, 5.74) is 3.41. The molecule has 0 fully saturated rings. The molecule has 4 nitrogen and oxygen atoms in total. The third kappa shape index (κ3) is 4.21. The van der Waals surface area contributed by atoms with Crippen LogP contribution in [0.3, 0.4) is 0 Å². The zero-order chi connectivity index (χ0) is 23.0. The van der Waals surface area contributed by atoms with E-state index in [4.69, 9.17) is 0 Å². The summed E-state index contributed by atoms with van der Waals surface area (Å²) in [6.07, 6.45) is 5.23. The molecular weight excluding hydrogens is 408 g/mol. The summed E-state index contributed by atoms with van der Waals surface area (Å²) in [5.74, 6) is 0.124. The van der Waals surface area contributed by atoms with E-state index in [0.29, 0.717) is 19.4 Å². The van der Waals surface area contributed by atoms with Gasteiger partial charge in [-0.1, -0.05) is 92.7 Å². The topological polar surface area (TPSA) is 49.4 Å². The smallest absolute Gasteiger partial charge is 0.311 e. The molecule has 1 N–H and O–H groups in total. The van der Waals surface area contributed by atoms with E-state index in [1.165, 1.54) is 10.8 Å². The number of urea groups is 1. The highest BCUT2D eigenvalue weighted by molar-refractivity contribution is 6.01. The maximum absolute atomic E-state index is 13.2. The SMILES string of the molecule is CC1(C)CC(=O)C2=C(C1)NC(=O)N(C/C=C/c1ccc3ccccc3c1)C2c1ccccc1. The summed E-state index contributed by atoms with van der Waals surface area (Å²) >= 11 is 0. The monoisotopic (exact) mass is 436 g/mol. The molecule has 5 rings (SSSR count). The van der Waals surface area contributed by atoms with Crippen LogP contribution in [0.5, 0.6) is 0 Å². The zero-order valence-corrected chi connectivity index (χ0v) is 19.0. The molecule has 0 radical (unpaired) electrons. The van der Waals surface area contributed by atoms with Crippen LogP contribution in [0.1, 0.15) is 43.9 Å². The van der Waals surface area contributed by atoms with Gasteiger partial charge in [0.1, 0.15) is 0 Å². The summed E-state index contributed by atoms with van der Waals surface area (Å²) in [4.78, 5) is 28.2. The minimum atomic E-state index is -0.375. The van der Waals surface area contributed by atoms with Crippen LogP contribution in [0.2, 0.25) is 0 Å². The fourth-order valence-corrected chi connectivity index (χ4v) is 5.02. The first-order valence-corrected chi connectivity index (χ1v) is 11.5. The highest BCUT2D eigenvalue weighted by Gasteiger charge is 2.43. The Kier molecular flexibility index (Phi) is 5.37. The quantitative estimate of drug-likeness (QED) is 0.525. The molecule has 166 valence electrons. The van der Waals surface area contributed by atoms with Gasteiger partial charge >= 0.3 is 6.03 Å². The lowest BCUT2D eigenvalue weighted by atomic mass is 9.72. The molecule has 0 saturated carbocycles. The lowest BCUT2D eigenvalue weighted by Gasteiger charge is -2.43. The molecule has 1 aliphatic heterocycles. The Labute approximate surface area is 194 Å². The summed E-state index contributed by atoms with van der Waals surface area (Å²) in [6, 6.07) is 23.9. The molecule has 0 spiro atoms. The van der Waals surface area contributed by atoms with Gasteiger partial charge in [-0.15, -0.1) is 0 Å². The van der Waals surface area contributed by atoms with Crippen molar-refractivity contribution >= 4 is 28.7 Å². The van der Waals surface area contributed by atoms with Gasteiger partial charge in [-0.25, -0.2) is 4.79 Å². The largest absolute Gasteiger partial charge is 0.322 e. The van der Waals surface area contributed by atoms with Gasteiger partial charge in [0, 0.05) is 24.2 Å². The molecular formula is C29H28N2O2. The Bertz CT molecular complexity index is 1290. The molecule has 33 heavy (non-hydrogen) atoms. The Morgan fingerprint density at radius 1 is 0.939 bits per heavy atom. The van der Waals surface area contributed by atoms with Gasteiger partial charge in [-0.2, -0.15) is 0 Å². The Hall–Kier alpha value is -3.66. The number of allylic oxidation sites excluding steroid dienone is 1. The molecule has 3 aromatic carbocycles. The lowest BCUT2D eigenvalue weighted by molar-refractivity contribution is -0.119. The number of rotatable bonds is 4. The molecule has 0 aromatic heterocycles. The number of benzene rings is 3. The number of Topliss-reactive ketones (excluding diaryl/α,β-unsaturated/α-hetero) is 1. The molecule has 1 atom stereocenters. The highest BCUT2D eigenvalue weighted by Crippen LogP contribution is 2.44. The lowest BCUT2D eigenvalue weighted by Crippen LogP contribution is -2.51. The van der Waals surface area contributed by atoms with E-state index in [2.05, 4.69) is 49.5 Å². The molecule has 0 saturated heterocycles. The van der Waals surface area contributed by atoms with Crippen molar-refractivity contribution in [2.75, 3.05) is 6.54 Å². The number of nitrogens with one attached hydrogen (secondary N) is 1. The van der Waals surface area contributed by atoms with E-state index in [1.807, 2.05) is 54.6 Å². The van der Waals surface area contributed by atoms with Crippen LogP contribution in [-0.2, 0) is 4.79 Å². The van der Waals surface area contributed by atoms with Crippen molar-refractivity contribution in [2.45, 2.75) is 32.7 Å². The van der Waals surface area contributed by atoms with Crippen LogP contribution in [0.25, 0.3) is 16.8 Å². The van der Waals surface area contributed by atoms with Gasteiger partial charge in [-0.05, 0) is 39.8 Å². The second-order valence-electron chi connectivity index (χ2n) is 9.74. The molecule has 2 aliphatic rings. The van der Waals surface area contributed by atoms with Crippen LogP contribution in [-0.4, -0.2) is 23.3 Å². The second kappa shape index (κ2) is 8.36. The van der Waals surface area contributed by atoms with Crippen LogP contribution in [0, 0.1) is 5.41 Å². The maximum Gasteiger partial charge on any atom is 0.322 e. The van der Waals surface area contributed by atoms with Crippen molar-refractivity contribution in [1.82, 2.24) is 10.2 Å². The number of carbonyl (C=O) groups is 2. The molecule has 1 heterocycles. The number of hydrogen-bond acceptors (Lipinski definition) is 2. The first-order valence-electron chi connectivity index (χ1n) is 11.5. The average molecular weight is 437 g/mol. The maximum atomic E-state index is 13.2. The number of carbonyl (C=O) groups excluding carboxylic acids is 2. The van der Waals surface area contributed by atoms with E-state index in [1.54, 1.807) is 4.90 Å². The van der Waals surface area contributed by atoms with Crippen LogP contribution >= 0.6 is 0 Å². The van der Waals surface area contributed by atoms with Crippen molar-refractivity contribution < 1.29 is 9.59 Å². The molecule has 4 heteroatoms. The van der Waals surface area contributed by atoms with Crippen LogP contribution < -0.4 is 5.32 Å². The summed E-state index contributed by atoms with van der Waals surface area (Å²) in [7, 11) is 0. The molecule has 1 aliphatic carbocycles. The Morgan fingerprint density at radius 3 is 2.45 bits per heavy atom. The number of hydrogen-bond donors (Lipinski definition) is 1. The fourth-order valence-electron chi connectivity index (χ4n) is 5.02. The molecule has 2 amide bonds. The fraction of sp³-hybridized carbons (Fsp3) is 0.241. The summed E-state index contributed by atoms with van der Waals surface area (Å²) in [6.45, 7) is 4.57. The normalized spacial score (nSPS) is 20.3. The summed E-state index contributed by atoms with van der Waals surface area (Å²) in [5, 5.41) is 5.42. The van der Waals surface area contributed by atoms with Crippen molar-refractivity contribution in [3.8, 4) is 0 Å². The summed E-state index contributed by atoms with van der Waals surface area (Å²) < 4.78 is 0. The van der Waals surface area contributed by atoms with Crippen molar-refractivity contribution in [1.29, 1.82) is 0 Å². The minimum absolute atomic E-state index is 0.124. The highest BCUT2D eigenvalue weighted by atomic mass is 16.2. The second-order valence-corrected chi connectivity index (χ2v) is 9.74. The number of nitrogens with zero attached hydrogens (tertiary/aromatic N) is 1. The number of ketones is 1. The van der Waals surface area contributed by atoms with Crippen LogP contribution in [0.15, 0.2) is 90.1 Å². The van der Waals surface area contributed by atoms with Gasteiger partial charge < -0.3 is 10.2 Å².